The van der Waals surface area contributed by atoms with Gasteiger partial charge in [-0.15, -0.1) is 0 Å². The number of aromatic nitrogens is 2. The number of aryl methyl sites for hydroxylation is 1. The van der Waals surface area contributed by atoms with Gasteiger partial charge in [-0.25, -0.2) is 14.8 Å². The second-order valence-corrected chi connectivity index (χ2v) is 9.16. The summed E-state index contributed by atoms with van der Waals surface area (Å²) in [7, 11) is 0. The normalized spacial score (nSPS) is 17.6. The van der Waals surface area contributed by atoms with Crippen LogP contribution in [0.3, 0.4) is 0 Å². The monoisotopic (exact) mass is 472 g/mol. The predicted octanol–water partition coefficient (Wildman–Crippen LogP) is 3.20. The number of para-hydroxylation sites is 1. The first-order valence-electron chi connectivity index (χ1n) is 11.8. The largest absolute Gasteiger partial charge is 0.478 e. The summed E-state index contributed by atoms with van der Waals surface area (Å²) in [5.41, 5.74) is 4.35. The number of carboxylic acid groups (broad SMARTS) is 1. The van der Waals surface area contributed by atoms with Crippen molar-refractivity contribution < 1.29 is 14.6 Å². The molecule has 0 saturated carbocycles. The molecule has 2 aromatic carbocycles. The van der Waals surface area contributed by atoms with Gasteiger partial charge in [0.05, 0.1) is 41.9 Å². The maximum Gasteiger partial charge on any atom is 0.337 e. The van der Waals surface area contributed by atoms with E-state index in [0.29, 0.717) is 34.3 Å². The Morgan fingerprint density at radius 3 is 2.60 bits per heavy atom. The number of fused-ring (bicyclic) bond motifs is 1. The summed E-state index contributed by atoms with van der Waals surface area (Å²) in [5, 5.41) is 22.8. The number of nitriles is 1. The summed E-state index contributed by atoms with van der Waals surface area (Å²) in [6, 6.07) is 13.3. The standard InChI is InChI=1S/C26H28N6O3/c1-16-11-20(17(2)28-21-6-4-3-5-19(21)26(33)34)24-22(12-16)29-23(13-27)25(30-24)32-9-7-31(8-10-32)18-14-35-15-18/h3-6,11-12,17-18,28H,7-10,14-15H2,1-2H3,(H,33,34)/t17-/m1/s1. The molecule has 5 rings (SSSR count). The average Bonchev–Trinajstić information content (AvgIpc) is 2.82. The zero-order valence-electron chi connectivity index (χ0n) is 19.9. The molecule has 0 aliphatic carbocycles. The first-order valence-corrected chi connectivity index (χ1v) is 11.8. The van der Waals surface area contributed by atoms with Gasteiger partial charge in [-0.2, -0.15) is 5.26 Å². The molecular weight excluding hydrogens is 444 g/mol. The van der Waals surface area contributed by atoms with E-state index in [1.165, 1.54) is 0 Å². The highest BCUT2D eigenvalue weighted by molar-refractivity contribution is 5.94. The van der Waals surface area contributed by atoms with Crippen LogP contribution >= 0.6 is 0 Å². The Morgan fingerprint density at radius 1 is 1.20 bits per heavy atom. The first-order chi connectivity index (χ1) is 16.9. The minimum Gasteiger partial charge on any atom is -0.478 e. The summed E-state index contributed by atoms with van der Waals surface area (Å²) < 4.78 is 5.33. The quantitative estimate of drug-likeness (QED) is 0.558. The number of ether oxygens (including phenoxy) is 1. The molecule has 9 nitrogen and oxygen atoms in total. The van der Waals surface area contributed by atoms with Crippen molar-refractivity contribution in [3.63, 3.8) is 0 Å². The third-order valence-corrected chi connectivity index (χ3v) is 6.78. The summed E-state index contributed by atoms with van der Waals surface area (Å²) in [4.78, 5) is 25.9. The molecule has 2 fully saturated rings. The van der Waals surface area contributed by atoms with Gasteiger partial charge in [-0.3, -0.25) is 4.90 Å². The maximum atomic E-state index is 11.7. The maximum absolute atomic E-state index is 11.7. The van der Waals surface area contributed by atoms with Gasteiger partial charge < -0.3 is 20.1 Å². The van der Waals surface area contributed by atoms with Gasteiger partial charge in [0.15, 0.2) is 11.5 Å². The van der Waals surface area contributed by atoms with E-state index in [9.17, 15) is 15.2 Å². The number of benzene rings is 2. The Kier molecular flexibility index (Phi) is 6.24. The highest BCUT2D eigenvalue weighted by Crippen LogP contribution is 2.31. The highest BCUT2D eigenvalue weighted by atomic mass is 16.5. The van der Waals surface area contributed by atoms with Crippen molar-refractivity contribution in [1.82, 2.24) is 14.9 Å². The van der Waals surface area contributed by atoms with Crippen molar-refractivity contribution in [2.24, 2.45) is 0 Å². The van der Waals surface area contributed by atoms with Crippen LogP contribution in [0.5, 0.6) is 0 Å². The average molecular weight is 473 g/mol. The number of piperazine rings is 1. The van der Waals surface area contributed by atoms with E-state index in [2.05, 4.69) is 26.2 Å². The van der Waals surface area contributed by atoms with Crippen LogP contribution in [0, 0.1) is 18.3 Å². The second-order valence-electron chi connectivity index (χ2n) is 9.16. The number of rotatable bonds is 6. The predicted molar refractivity (Wildman–Crippen MR) is 133 cm³/mol. The van der Waals surface area contributed by atoms with Crippen molar-refractivity contribution in [3.05, 3.63) is 58.8 Å². The van der Waals surface area contributed by atoms with Gasteiger partial charge in [0.2, 0.25) is 0 Å². The molecule has 0 amide bonds. The van der Waals surface area contributed by atoms with Crippen molar-refractivity contribution >= 4 is 28.5 Å². The van der Waals surface area contributed by atoms with Crippen LogP contribution in [0.4, 0.5) is 11.5 Å². The van der Waals surface area contributed by atoms with Crippen LogP contribution in [0.1, 0.15) is 40.1 Å². The summed E-state index contributed by atoms with van der Waals surface area (Å²) in [5.74, 6) is -0.379. The number of nitrogens with one attached hydrogen (secondary N) is 1. The molecule has 9 heteroatoms. The van der Waals surface area contributed by atoms with Gasteiger partial charge in [0.1, 0.15) is 6.07 Å². The van der Waals surface area contributed by atoms with Crippen molar-refractivity contribution in [3.8, 4) is 6.07 Å². The van der Waals surface area contributed by atoms with E-state index in [0.717, 1.165) is 50.5 Å². The molecule has 0 bridgehead atoms. The third kappa shape index (κ3) is 4.50. The van der Waals surface area contributed by atoms with E-state index in [4.69, 9.17) is 9.72 Å². The highest BCUT2D eigenvalue weighted by Gasteiger charge is 2.30. The number of aromatic carboxylic acids is 1. The molecule has 3 heterocycles. The number of nitrogens with zero attached hydrogens (tertiary/aromatic N) is 5. The Balaban J connectivity index is 1.49. The molecule has 3 aromatic rings. The van der Waals surface area contributed by atoms with E-state index in [1.807, 2.05) is 32.0 Å². The molecular formula is C26H28N6O3. The summed E-state index contributed by atoms with van der Waals surface area (Å²) >= 11 is 0. The van der Waals surface area contributed by atoms with Crippen LogP contribution < -0.4 is 10.2 Å². The molecule has 180 valence electrons. The van der Waals surface area contributed by atoms with Crippen LogP contribution in [0.2, 0.25) is 0 Å². The number of hydrogen-bond donors (Lipinski definition) is 2. The van der Waals surface area contributed by atoms with Gasteiger partial charge >= 0.3 is 5.97 Å². The van der Waals surface area contributed by atoms with Gasteiger partial charge in [-0.1, -0.05) is 18.2 Å². The number of carbonyl (C=O) groups is 1. The van der Waals surface area contributed by atoms with Gasteiger partial charge in [0.25, 0.3) is 0 Å². The lowest BCUT2D eigenvalue weighted by molar-refractivity contribution is -0.0661. The van der Waals surface area contributed by atoms with Crippen molar-refractivity contribution in [1.29, 1.82) is 5.26 Å². The summed E-state index contributed by atoms with van der Waals surface area (Å²) in [6.07, 6.45) is 0. The smallest absolute Gasteiger partial charge is 0.337 e. The molecule has 0 spiro atoms. The molecule has 0 radical (unpaired) electrons. The Morgan fingerprint density at radius 2 is 1.94 bits per heavy atom. The SMILES string of the molecule is Cc1cc([C@@H](C)Nc2ccccc2C(=O)O)c2nc(N3CCN(C4COC4)CC3)c(C#N)nc2c1. The van der Waals surface area contributed by atoms with E-state index in [-0.39, 0.29) is 11.6 Å². The van der Waals surface area contributed by atoms with Crippen LogP contribution in [0.25, 0.3) is 11.0 Å². The van der Waals surface area contributed by atoms with Crippen molar-refractivity contribution in [2.45, 2.75) is 25.9 Å². The zero-order chi connectivity index (χ0) is 24.5. The van der Waals surface area contributed by atoms with Crippen molar-refractivity contribution in [2.75, 3.05) is 49.6 Å². The number of carboxylic acids is 1. The number of hydrogen-bond acceptors (Lipinski definition) is 8. The minimum atomic E-state index is -0.984. The molecule has 35 heavy (non-hydrogen) atoms. The Labute approximate surface area is 204 Å². The topological polar surface area (TPSA) is 115 Å². The van der Waals surface area contributed by atoms with Crippen LogP contribution in [-0.4, -0.2) is 71.4 Å². The first kappa shape index (κ1) is 23.0. The van der Waals surface area contributed by atoms with E-state index < -0.39 is 5.97 Å². The minimum absolute atomic E-state index is 0.213. The molecule has 2 N–H and O–H groups in total. The van der Waals surface area contributed by atoms with Crippen LogP contribution in [0.15, 0.2) is 36.4 Å². The molecule has 1 aromatic heterocycles. The van der Waals surface area contributed by atoms with Gasteiger partial charge in [0, 0.05) is 37.4 Å². The molecule has 0 unspecified atom stereocenters. The Hall–Kier alpha value is -3.74. The molecule has 2 saturated heterocycles. The fraction of sp³-hybridized carbons (Fsp3) is 0.385. The Bertz CT molecular complexity index is 1310. The van der Waals surface area contributed by atoms with Crippen LogP contribution in [-0.2, 0) is 4.74 Å². The number of anilines is 2. The lowest BCUT2D eigenvalue weighted by Crippen LogP contribution is -2.56. The molecule has 2 aliphatic rings. The third-order valence-electron chi connectivity index (χ3n) is 6.78. The fourth-order valence-corrected chi connectivity index (χ4v) is 4.79. The van der Waals surface area contributed by atoms with E-state index in [1.54, 1.807) is 18.2 Å². The lowest BCUT2D eigenvalue weighted by atomic mass is 10.0. The second kappa shape index (κ2) is 9.49. The van der Waals surface area contributed by atoms with E-state index >= 15 is 0 Å². The molecule has 2 aliphatic heterocycles. The summed E-state index contributed by atoms with van der Waals surface area (Å²) in [6.45, 7) is 8.86. The zero-order valence-corrected chi connectivity index (χ0v) is 19.9. The van der Waals surface area contributed by atoms with Gasteiger partial charge in [-0.05, 0) is 37.6 Å². The molecule has 1 atom stereocenters. The fourth-order valence-electron chi connectivity index (χ4n) is 4.79. The lowest BCUT2D eigenvalue weighted by Gasteiger charge is -2.42.